The minimum absolute atomic E-state index is 0.0857. The number of aromatic amines is 1. The van der Waals surface area contributed by atoms with Crippen molar-refractivity contribution in [2.45, 2.75) is 30.8 Å². The molecule has 2 aromatic rings. The van der Waals surface area contributed by atoms with Crippen molar-refractivity contribution in [2.24, 2.45) is 0 Å². The predicted molar refractivity (Wildman–Crippen MR) is 80.2 cm³/mol. The summed E-state index contributed by atoms with van der Waals surface area (Å²) >= 11 is 1.27. The number of aromatic nitrogens is 2. The van der Waals surface area contributed by atoms with Crippen LogP contribution in [0.3, 0.4) is 0 Å². The summed E-state index contributed by atoms with van der Waals surface area (Å²) in [6.07, 6.45) is 1.71. The van der Waals surface area contributed by atoms with E-state index in [1.165, 1.54) is 24.5 Å². The van der Waals surface area contributed by atoms with E-state index < -0.39 is 21.5 Å². The number of hydrogen-bond donors (Lipinski definition) is 2. The minimum Gasteiger partial charge on any atom is -0.480 e. The summed E-state index contributed by atoms with van der Waals surface area (Å²) in [4.78, 5) is 19.0. The van der Waals surface area contributed by atoms with E-state index in [0.29, 0.717) is 17.1 Å². The van der Waals surface area contributed by atoms with Crippen molar-refractivity contribution in [3.63, 3.8) is 0 Å². The number of imidazole rings is 1. The zero-order valence-electron chi connectivity index (χ0n) is 12.0. The molecule has 2 aromatic heterocycles. The van der Waals surface area contributed by atoms with E-state index >= 15 is 0 Å². The summed E-state index contributed by atoms with van der Waals surface area (Å²) < 4.78 is 26.7. The second kappa shape index (κ2) is 4.90. The zero-order chi connectivity index (χ0) is 16.1. The largest absolute Gasteiger partial charge is 0.480 e. The highest BCUT2D eigenvalue weighted by atomic mass is 32.2. The lowest BCUT2D eigenvalue weighted by Gasteiger charge is -2.39. The van der Waals surface area contributed by atoms with Crippen LogP contribution < -0.4 is 0 Å². The van der Waals surface area contributed by atoms with Crippen LogP contribution in [0.25, 0.3) is 0 Å². The number of carboxylic acids is 1. The molecule has 3 heterocycles. The third-order valence-electron chi connectivity index (χ3n) is 3.94. The first-order valence-electron chi connectivity index (χ1n) is 6.62. The number of sulfonamides is 1. The molecule has 0 fully saturated rings. The Balaban J connectivity index is 2.17. The second-order valence-electron chi connectivity index (χ2n) is 5.31. The molecule has 1 atom stereocenters. The molecule has 22 heavy (non-hydrogen) atoms. The van der Waals surface area contributed by atoms with E-state index in [0.717, 1.165) is 9.87 Å². The quantitative estimate of drug-likeness (QED) is 0.876. The minimum atomic E-state index is -3.97. The number of hydrogen-bond acceptors (Lipinski definition) is 5. The molecule has 9 heteroatoms. The fraction of sp³-hybridized carbons (Fsp3) is 0.385. The van der Waals surface area contributed by atoms with Crippen LogP contribution in [-0.4, -0.2) is 40.3 Å². The van der Waals surface area contributed by atoms with Gasteiger partial charge < -0.3 is 10.1 Å². The number of aryl methyl sites for hydroxylation is 1. The van der Waals surface area contributed by atoms with Gasteiger partial charge in [0.05, 0.1) is 6.20 Å². The average molecular weight is 341 g/mol. The first-order valence-corrected chi connectivity index (χ1v) is 8.94. The van der Waals surface area contributed by atoms with Crippen molar-refractivity contribution < 1.29 is 18.3 Å². The summed E-state index contributed by atoms with van der Waals surface area (Å²) in [6.45, 7) is 3.19. The van der Waals surface area contributed by atoms with Gasteiger partial charge in [0.25, 0.3) is 10.0 Å². The number of carbonyl (C=O) groups is 1. The van der Waals surface area contributed by atoms with Gasteiger partial charge >= 0.3 is 5.97 Å². The molecule has 0 aromatic carbocycles. The van der Waals surface area contributed by atoms with E-state index in [9.17, 15) is 18.3 Å². The first-order chi connectivity index (χ1) is 10.3. The van der Waals surface area contributed by atoms with Crippen molar-refractivity contribution in [3.05, 3.63) is 33.9 Å². The highest BCUT2D eigenvalue weighted by molar-refractivity contribution is 7.89. The molecule has 118 valence electrons. The highest BCUT2D eigenvalue weighted by Gasteiger charge is 2.52. The smallest absolute Gasteiger partial charge is 0.330 e. The Bertz CT molecular complexity index is 839. The summed E-state index contributed by atoms with van der Waals surface area (Å²) in [5, 5.41) is 11.4. The molecular formula is C13H15N3O4S2. The molecule has 1 aliphatic heterocycles. The molecule has 0 saturated heterocycles. The van der Waals surface area contributed by atoms with Crippen LogP contribution in [-0.2, 0) is 26.8 Å². The van der Waals surface area contributed by atoms with E-state index in [1.54, 1.807) is 12.3 Å². The van der Waals surface area contributed by atoms with Gasteiger partial charge in [0.1, 0.15) is 5.82 Å². The second-order valence-corrected chi connectivity index (χ2v) is 8.06. The molecule has 7 nitrogen and oxygen atoms in total. The Labute approximate surface area is 131 Å². The predicted octanol–water partition coefficient (Wildman–Crippen LogP) is 1.33. The SMILES string of the molecule is Cc1ncc(S(=O)(=O)N2CCc3ccsc3C2(C)C(=O)O)[nH]1. The average Bonchev–Trinajstić information content (AvgIpc) is 3.07. The van der Waals surface area contributed by atoms with E-state index in [-0.39, 0.29) is 11.6 Å². The van der Waals surface area contributed by atoms with Gasteiger partial charge in [-0.05, 0) is 37.3 Å². The van der Waals surface area contributed by atoms with Gasteiger partial charge in [0, 0.05) is 11.4 Å². The highest BCUT2D eigenvalue weighted by Crippen LogP contribution is 2.41. The van der Waals surface area contributed by atoms with E-state index in [4.69, 9.17) is 0 Å². The molecule has 0 radical (unpaired) electrons. The number of rotatable bonds is 3. The monoisotopic (exact) mass is 341 g/mol. The maximum atomic E-state index is 12.8. The van der Waals surface area contributed by atoms with Gasteiger partial charge in [-0.3, -0.25) is 0 Å². The molecule has 1 aliphatic rings. The zero-order valence-corrected chi connectivity index (χ0v) is 13.7. The molecule has 0 saturated carbocycles. The molecular weight excluding hydrogens is 326 g/mol. The van der Waals surface area contributed by atoms with Crippen molar-refractivity contribution >= 4 is 27.3 Å². The van der Waals surface area contributed by atoms with Crippen molar-refractivity contribution in [1.29, 1.82) is 0 Å². The van der Waals surface area contributed by atoms with E-state index in [1.807, 2.05) is 6.07 Å². The molecule has 0 spiro atoms. The summed E-state index contributed by atoms with van der Waals surface area (Å²) in [7, 11) is -3.97. The van der Waals surface area contributed by atoms with Crippen LogP contribution >= 0.6 is 11.3 Å². The lowest BCUT2D eigenvalue weighted by Crippen LogP contribution is -2.55. The number of carboxylic acid groups (broad SMARTS) is 1. The Morgan fingerprint density at radius 3 is 2.86 bits per heavy atom. The fourth-order valence-electron chi connectivity index (χ4n) is 2.73. The summed E-state index contributed by atoms with van der Waals surface area (Å²) in [5.41, 5.74) is -0.721. The molecule has 0 bridgehead atoms. The summed E-state index contributed by atoms with van der Waals surface area (Å²) in [5.74, 6) is -0.722. The molecule has 3 rings (SSSR count). The van der Waals surface area contributed by atoms with Crippen LogP contribution in [0, 0.1) is 6.92 Å². The number of nitrogens with zero attached hydrogens (tertiary/aromatic N) is 2. The first kappa shape index (κ1) is 15.2. The lowest BCUT2D eigenvalue weighted by atomic mass is 9.92. The Morgan fingerprint density at radius 1 is 1.55 bits per heavy atom. The molecule has 2 N–H and O–H groups in total. The number of thiophene rings is 1. The fourth-order valence-corrected chi connectivity index (χ4v) is 5.59. The number of H-pyrrole nitrogens is 1. The molecule has 1 unspecified atom stereocenters. The van der Waals surface area contributed by atoms with E-state index in [2.05, 4.69) is 9.97 Å². The van der Waals surface area contributed by atoms with Gasteiger partial charge in [-0.2, -0.15) is 4.31 Å². The van der Waals surface area contributed by atoms with Gasteiger partial charge in [0.15, 0.2) is 10.6 Å². The van der Waals surface area contributed by atoms with Crippen LogP contribution in [0.2, 0.25) is 0 Å². The third kappa shape index (κ3) is 2.00. The van der Waals surface area contributed by atoms with Crippen LogP contribution in [0.15, 0.2) is 22.7 Å². The van der Waals surface area contributed by atoms with Crippen LogP contribution in [0.1, 0.15) is 23.2 Å². The Kier molecular flexibility index (Phi) is 3.38. The van der Waals surface area contributed by atoms with Crippen molar-refractivity contribution in [1.82, 2.24) is 14.3 Å². The number of fused-ring (bicyclic) bond motifs is 1. The number of nitrogens with one attached hydrogen (secondary N) is 1. The Hall–Kier alpha value is -1.71. The van der Waals surface area contributed by atoms with Crippen molar-refractivity contribution in [2.75, 3.05) is 6.54 Å². The normalized spacial score (nSPS) is 22.5. The van der Waals surface area contributed by atoms with Gasteiger partial charge in [-0.15, -0.1) is 11.3 Å². The van der Waals surface area contributed by atoms with Gasteiger partial charge in [-0.1, -0.05) is 0 Å². The van der Waals surface area contributed by atoms with Crippen LogP contribution in [0.5, 0.6) is 0 Å². The maximum absolute atomic E-state index is 12.8. The third-order valence-corrected chi connectivity index (χ3v) is 6.99. The number of aliphatic carboxylic acids is 1. The van der Waals surface area contributed by atoms with Gasteiger partial charge in [-0.25, -0.2) is 18.2 Å². The topological polar surface area (TPSA) is 103 Å². The molecule has 0 amide bonds. The van der Waals surface area contributed by atoms with Crippen LogP contribution in [0.4, 0.5) is 0 Å². The lowest BCUT2D eigenvalue weighted by molar-refractivity contribution is -0.148. The standard InChI is InChI=1S/C13H15N3O4S2/c1-8-14-7-10(15-8)22(19,20)16-5-3-9-4-6-21-11(9)13(16,2)12(17)18/h4,6-7H,3,5H2,1-2H3,(H,14,15)(H,17,18). The summed E-state index contributed by atoms with van der Waals surface area (Å²) in [6, 6.07) is 1.85. The Morgan fingerprint density at radius 2 is 2.27 bits per heavy atom. The molecule has 0 aliphatic carbocycles. The maximum Gasteiger partial charge on any atom is 0.330 e. The van der Waals surface area contributed by atoms with Gasteiger partial charge in [0.2, 0.25) is 0 Å². The van der Waals surface area contributed by atoms with Crippen molar-refractivity contribution in [3.8, 4) is 0 Å².